The maximum atomic E-state index is 13.4. The molecular formula is C28H26FN3O2. The van der Waals surface area contributed by atoms with E-state index in [2.05, 4.69) is 11.1 Å². The predicted octanol–water partition coefficient (Wildman–Crippen LogP) is 5.50. The van der Waals surface area contributed by atoms with Crippen LogP contribution in [-0.4, -0.2) is 28.6 Å². The summed E-state index contributed by atoms with van der Waals surface area (Å²) in [5.41, 5.74) is 3.73. The van der Waals surface area contributed by atoms with Gasteiger partial charge in [0.15, 0.2) is 0 Å². The van der Waals surface area contributed by atoms with Crippen molar-refractivity contribution in [3.05, 3.63) is 103 Å². The van der Waals surface area contributed by atoms with Crippen LogP contribution in [0.25, 0.3) is 11.0 Å². The Balaban J connectivity index is 1.39. The first kappa shape index (κ1) is 21.9. The van der Waals surface area contributed by atoms with Gasteiger partial charge in [-0.3, -0.25) is 4.79 Å². The molecule has 0 bridgehead atoms. The number of hydrogen-bond donors (Lipinski definition) is 0. The van der Waals surface area contributed by atoms with Crippen LogP contribution in [-0.2, 0) is 17.8 Å². The second-order valence-corrected chi connectivity index (χ2v) is 8.44. The highest BCUT2D eigenvalue weighted by atomic mass is 19.1. The molecule has 5 nitrogen and oxygen atoms in total. The average molecular weight is 456 g/mol. The number of aromatic nitrogens is 2. The van der Waals surface area contributed by atoms with Crippen LogP contribution in [0.4, 0.5) is 10.1 Å². The molecule has 34 heavy (non-hydrogen) atoms. The molecule has 0 spiro atoms. The maximum Gasteiger partial charge on any atom is 0.227 e. The molecule has 0 saturated carbocycles. The highest BCUT2D eigenvalue weighted by Crippen LogP contribution is 2.33. The lowest BCUT2D eigenvalue weighted by Gasteiger charge is -2.18. The van der Waals surface area contributed by atoms with Crippen molar-refractivity contribution in [3.8, 4) is 5.75 Å². The Morgan fingerprint density at radius 2 is 1.82 bits per heavy atom. The van der Waals surface area contributed by atoms with Crippen molar-refractivity contribution in [1.29, 1.82) is 0 Å². The Bertz CT molecular complexity index is 1330. The molecule has 1 aliphatic rings. The molecule has 4 aromatic rings. The molecule has 2 heterocycles. The SMILES string of the molecule is C=CCc1ccccc1OCCn1c(C2CC(=O)N(c3ccc(F)cc3)C2)nc2ccccc21. The predicted molar refractivity (Wildman–Crippen MR) is 132 cm³/mol. The van der Waals surface area contributed by atoms with Crippen molar-refractivity contribution in [2.24, 2.45) is 0 Å². The number of anilines is 1. The Labute approximate surface area is 198 Å². The molecule has 1 aromatic heterocycles. The lowest BCUT2D eigenvalue weighted by molar-refractivity contribution is -0.117. The van der Waals surface area contributed by atoms with Gasteiger partial charge in [0.1, 0.15) is 24.0 Å². The van der Waals surface area contributed by atoms with Gasteiger partial charge in [0.2, 0.25) is 5.91 Å². The number of nitrogens with zero attached hydrogens (tertiary/aromatic N) is 3. The summed E-state index contributed by atoms with van der Waals surface area (Å²) in [4.78, 5) is 19.4. The number of halogens is 1. The summed E-state index contributed by atoms with van der Waals surface area (Å²) in [6.45, 7) is 5.43. The fourth-order valence-electron chi connectivity index (χ4n) is 4.61. The van der Waals surface area contributed by atoms with E-state index in [1.54, 1.807) is 17.0 Å². The number of para-hydroxylation sites is 3. The second kappa shape index (κ2) is 9.51. The van der Waals surface area contributed by atoms with Crippen LogP contribution in [0, 0.1) is 5.82 Å². The van der Waals surface area contributed by atoms with Crippen LogP contribution in [0.15, 0.2) is 85.5 Å². The summed E-state index contributed by atoms with van der Waals surface area (Å²) in [6, 6.07) is 22.0. The third-order valence-electron chi connectivity index (χ3n) is 6.22. The molecule has 1 atom stereocenters. The molecule has 172 valence electrons. The van der Waals surface area contributed by atoms with Gasteiger partial charge in [-0.15, -0.1) is 6.58 Å². The van der Waals surface area contributed by atoms with Crippen LogP contribution < -0.4 is 9.64 Å². The molecule has 1 saturated heterocycles. The van der Waals surface area contributed by atoms with Gasteiger partial charge in [-0.25, -0.2) is 9.37 Å². The Hall–Kier alpha value is -3.93. The van der Waals surface area contributed by atoms with Crippen molar-refractivity contribution in [2.75, 3.05) is 18.1 Å². The summed E-state index contributed by atoms with van der Waals surface area (Å²) in [5, 5.41) is 0. The number of amides is 1. The number of imidazole rings is 1. The standard InChI is InChI=1S/C28H26FN3O2/c1-2-7-20-8-3-6-11-26(20)34-17-16-31-25-10-5-4-9-24(25)30-28(31)21-18-27(33)32(19-21)23-14-12-22(29)13-15-23/h2-6,8-15,21H,1,7,16-19H2. The molecule has 1 fully saturated rings. The number of allylic oxidation sites excluding steroid dienone is 1. The van der Waals surface area contributed by atoms with E-state index in [1.165, 1.54) is 12.1 Å². The normalized spacial score (nSPS) is 15.7. The van der Waals surface area contributed by atoms with E-state index in [4.69, 9.17) is 9.72 Å². The van der Waals surface area contributed by atoms with Crippen LogP contribution in [0.2, 0.25) is 0 Å². The fourth-order valence-corrected chi connectivity index (χ4v) is 4.61. The Kier molecular flexibility index (Phi) is 6.12. The summed E-state index contributed by atoms with van der Waals surface area (Å²) in [7, 11) is 0. The first-order valence-corrected chi connectivity index (χ1v) is 11.5. The van der Waals surface area contributed by atoms with E-state index in [0.29, 0.717) is 31.8 Å². The molecule has 3 aromatic carbocycles. The molecule has 1 amide bonds. The molecule has 5 rings (SSSR count). The number of rotatable bonds is 8. The van der Waals surface area contributed by atoms with E-state index in [9.17, 15) is 9.18 Å². The Morgan fingerprint density at radius 1 is 1.06 bits per heavy atom. The van der Waals surface area contributed by atoms with E-state index in [0.717, 1.165) is 34.6 Å². The quantitative estimate of drug-likeness (QED) is 0.330. The van der Waals surface area contributed by atoms with Crippen molar-refractivity contribution in [1.82, 2.24) is 9.55 Å². The van der Waals surface area contributed by atoms with Crippen molar-refractivity contribution >= 4 is 22.6 Å². The lowest BCUT2D eigenvalue weighted by atomic mass is 10.1. The van der Waals surface area contributed by atoms with Crippen LogP contribution >= 0.6 is 0 Å². The molecule has 1 unspecified atom stereocenters. The van der Waals surface area contributed by atoms with Crippen molar-refractivity contribution < 1.29 is 13.9 Å². The zero-order chi connectivity index (χ0) is 23.5. The first-order valence-electron chi connectivity index (χ1n) is 11.5. The van der Waals surface area contributed by atoms with Gasteiger partial charge < -0.3 is 14.2 Å². The highest BCUT2D eigenvalue weighted by Gasteiger charge is 2.34. The van der Waals surface area contributed by atoms with Gasteiger partial charge in [0.25, 0.3) is 0 Å². The number of benzene rings is 3. The van der Waals surface area contributed by atoms with E-state index in [1.807, 2.05) is 54.6 Å². The van der Waals surface area contributed by atoms with E-state index < -0.39 is 0 Å². The monoisotopic (exact) mass is 455 g/mol. The fraction of sp³-hybridized carbons (Fsp3) is 0.214. The van der Waals surface area contributed by atoms with E-state index in [-0.39, 0.29) is 17.6 Å². The number of fused-ring (bicyclic) bond motifs is 1. The van der Waals surface area contributed by atoms with Gasteiger partial charge in [-0.05, 0) is 54.4 Å². The maximum absolute atomic E-state index is 13.4. The third-order valence-corrected chi connectivity index (χ3v) is 6.22. The minimum atomic E-state index is -0.316. The van der Waals surface area contributed by atoms with Gasteiger partial charge in [-0.2, -0.15) is 0 Å². The average Bonchev–Trinajstić information content (AvgIpc) is 3.41. The second-order valence-electron chi connectivity index (χ2n) is 8.44. The molecule has 6 heteroatoms. The van der Waals surface area contributed by atoms with Crippen LogP contribution in [0.1, 0.15) is 23.7 Å². The summed E-state index contributed by atoms with van der Waals surface area (Å²) < 4.78 is 21.7. The summed E-state index contributed by atoms with van der Waals surface area (Å²) in [5.74, 6) is 1.38. The molecule has 0 aliphatic carbocycles. The zero-order valence-corrected chi connectivity index (χ0v) is 18.9. The number of carbonyl (C=O) groups excluding carboxylic acids is 1. The third kappa shape index (κ3) is 4.31. The number of hydrogen-bond acceptors (Lipinski definition) is 3. The van der Waals surface area contributed by atoms with Crippen molar-refractivity contribution in [2.45, 2.75) is 25.3 Å². The van der Waals surface area contributed by atoms with Gasteiger partial charge in [0, 0.05) is 24.6 Å². The molecular weight excluding hydrogens is 429 g/mol. The highest BCUT2D eigenvalue weighted by molar-refractivity contribution is 5.96. The van der Waals surface area contributed by atoms with Gasteiger partial charge >= 0.3 is 0 Å². The largest absolute Gasteiger partial charge is 0.491 e. The summed E-state index contributed by atoms with van der Waals surface area (Å²) in [6.07, 6.45) is 2.98. The lowest BCUT2D eigenvalue weighted by Crippen LogP contribution is -2.24. The minimum absolute atomic E-state index is 0.0183. The number of carbonyl (C=O) groups is 1. The summed E-state index contributed by atoms with van der Waals surface area (Å²) >= 11 is 0. The van der Waals surface area contributed by atoms with Crippen LogP contribution in [0.5, 0.6) is 5.75 Å². The van der Waals surface area contributed by atoms with Crippen molar-refractivity contribution in [3.63, 3.8) is 0 Å². The van der Waals surface area contributed by atoms with Gasteiger partial charge in [-0.1, -0.05) is 36.4 Å². The molecule has 1 aliphatic heterocycles. The molecule has 0 radical (unpaired) electrons. The first-order chi connectivity index (χ1) is 16.6. The van der Waals surface area contributed by atoms with Crippen LogP contribution in [0.3, 0.4) is 0 Å². The van der Waals surface area contributed by atoms with Gasteiger partial charge in [0.05, 0.1) is 17.6 Å². The Morgan fingerprint density at radius 3 is 2.65 bits per heavy atom. The topological polar surface area (TPSA) is 47.4 Å². The zero-order valence-electron chi connectivity index (χ0n) is 18.9. The smallest absolute Gasteiger partial charge is 0.227 e. The minimum Gasteiger partial charge on any atom is -0.491 e. The number of ether oxygens (including phenoxy) is 1. The van der Waals surface area contributed by atoms with E-state index >= 15 is 0 Å². The molecule has 0 N–H and O–H groups in total.